The van der Waals surface area contributed by atoms with Crippen molar-refractivity contribution >= 4 is 10.0 Å². The van der Waals surface area contributed by atoms with Crippen molar-refractivity contribution in [2.45, 2.75) is 38.1 Å². The molecular weight excluding hydrogens is 288 g/mol. The Morgan fingerprint density at radius 2 is 2.24 bits per heavy atom. The second-order valence-electron chi connectivity index (χ2n) is 4.80. The Morgan fingerprint density at radius 3 is 2.86 bits per heavy atom. The molecule has 120 valence electrons. The molecule has 0 bridgehead atoms. The van der Waals surface area contributed by atoms with Crippen molar-refractivity contribution in [2.24, 2.45) is 0 Å². The van der Waals surface area contributed by atoms with Gasteiger partial charge in [-0.15, -0.1) is 6.58 Å². The molecule has 1 aromatic heterocycles. The molecule has 0 atom stereocenters. The second-order valence-corrected chi connectivity index (χ2v) is 6.74. The van der Waals surface area contributed by atoms with Gasteiger partial charge in [0.2, 0.25) is 10.0 Å². The first-order chi connectivity index (χ1) is 10.1. The van der Waals surface area contributed by atoms with Crippen LogP contribution < -0.4 is 5.32 Å². The van der Waals surface area contributed by atoms with Gasteiger partial charge >= 0.3 is 0 Å². The van der Waals surface area contributed by atoms with Crippen LogP contribution in [0.1, 0.15) is 26.7 Å². The summed E-state index contributed by atoms with van der Waals surface area (Å²) in [7, 11) is -3.48. The lowest BCUT2D eigenvalue weighted by atomic mass is 10.4. The summed E-state index contributed by atoms with van der Waals surface area (Å²) in [5, 5.41) is 7.37. The van der Waals surface area contributed by atoms with Gasteiger partial charge in [-0.25, -0.2) is 8.42 Å². The Morgan fingerprint density at radius 1 is 1.48 bits per heavy atom. The third kappa shape index (κ3) is 5.26. The van der Waals surface area contributed by atoms with E-state index in [1.54, 1.807) is 17.0 Å². The van der Waals surface area contributed by atoms with Gasteiger partial charge in [0.25, 0.3) is 0 Å². The SMILES string of the molecule is C=CCN(CCC)S(=O)(=O)c1cnn(CCCNCC)c1. The lowest BCUT2D eigenvalue weighted by Crippen LogP contribution is -2.31. The van der Waals surface area contributed by atoms with E-state index in [1.165, 1.54) is 10.5 Å². The Balaban J connectivity index is 2.74. The first-order valence-electron chi connectivity index (χ1n) is 7.40. The Kier molecular flexibility index (Phi) is 7.63. The van der Waals surface area contributed by atoms with Crippen LogP contribution in [0.4, 0.5) is 0 Å². The van der Waals surface area contributed by atoms with Crippen molar-refractivity contribution in [2.75, 3.05) is 26.2 Å². The molecule has 0 unspecified atom stereocenters. The number of aromatic nitrogens is 2. The van der Waals surface area contributed by atoms with Crippen LogP contribution in [0.3, 0.4) is 0 Å². The van der Waals surface area contributed by atoms with E-state index in [2.05, 4.69) is 23.9 Å². The minimum absolute atomic E-state index is 0.251. The highest BCUT2D eigenvalue weighted by molar-refractivity contribution is 7.89. The van der Waals surface area contributed by atoms with E-state index in [1.807, 2.05) is 6.92 Å². The fraction of sp³-hybridized carbons (Fsp3) is 0.643. The zero-order valence-electron chi connectivity index (χ0n) is 13.0. The molecule has 0 aromatic carbocycles. The van der Waals surface area contributed by atoms with Gasteiger partial charge in [-0.05, 0) is 25.9 Å². The van der Waals surface area contributed by atoms with E-state index in [0.717, 1.165) is 25.9 Å². The molecule has 7 heteroatoms. The summed E-state index contributed by atoms with van der Waals surface area (Å²) in [6.07, 6.45) is 6.32. The number of nitrogens with zero attached hydrogens (tertiary/aromatic N) is 3. The van der Waals surface area contributed by atoms with Crippen molar-refractivity contribution in [3.63, 3.8) is 0 Å². The van der Waals surface area contributed by atoms with Gasteiger partial charge < -0.3 is 5.32 Å². The van der Waals surface area contributed by atoms with Crippen LogP contribution in [0, 0.1) is 0 Å². The maximum absolute atomic E-state index is 12.5. The highest BCUT2D eigenvalue weighted by atomic mass is 32.2. The van der Waals surface area contributed by atoms with Crippen molar-refractivity contribution < 1.29 is 8.42 Å². The van der Waals surface area contributed by atoms with Gasteiger partial charge in [-0.3, -0.25) is 4.68 Å². The van der Waals surface area contributed by atoms with Gasteiger partial charge in [0.15, 0.2) is 0 Å². The molecular formula is C14H26N4O2S. The standard InChI is InChI=1S/C14H26N4O2S/c1-4-9-18(10-5-2)21(19,20)14-12-16-17(13-14)11-7-8-15-6-3/h4,12-13,15H,1,5-11H2,2-3H3. The lowest BCUT2D eigenvalue weighted by molar-refractivity contribution is 0.441. The number of hydrogen-bond acceptors (Lipinski definition) is 4. The quantitative estimate of drug-likeness (QED) is 0.496. The first kappa shape index (κ1) is 17.9. The molecule has 0 saturated carbocycles. The fourth-order valence-electron chi connectivity index (χ4n) is 1.99. The summed E-state index contributed by atoms with van der Waals surface area (Å²) in [6.45, 7) is 11.0. The van der Waals surface area contributed by atoms with Crippen LogP contribution in [0.15, 0.2) is 29.9 Å². The molecule has 0 radical (unpaired) electrons. The molecule has 0 fully saturated rings. The van der Waals surface area contributed by atoms with Crippen molar-refractivity contribution in [1.29, 1.82) is 0 Å². The summed E-state index contributed by atoms with van der Waals surface area (Å²) < 4.78 is 28.1. The fourth-order valence-corrected chi connectivity index (χ4v) is 3.45. The molecule has 0 aliphatic heterocycles. The number of nitrogens with one attached hydrogen (secondary N) is 1. The molecule has 0 aliphatic carbocycles. The van der Waals surface area contributed by atoms with Crippen LogP contribution in [0.25, 0.3) is 0 Å². The van der Waals surface area contributed by atoms with Crippen LogP contribution in [-0.2, 0) is 16.6 Å². The molecule has 6 nitrogen and oxygen atoms in total. The Labute approximate surface area is 127 Å². The van der Waals surface area contributed by atoms with Crippen molar-refractivity contribution in [3.8, 4) is 0 Å². The van der Waals surface area contributed by atoms with Crippen LogP contribution in [0.5, 0.6) is 0 Å². The molecule has 0 saturated heterocycles. The zero-order valence-corrected chi connectivity index (χ0v) is 13.8. The van der Waals surface area contributed by atoms with Gasteiger partial charge in [0.1, 0.15) is 4.90 Å². The Bertz CT molecular complexity index is 525. The van der Waals surface area contributed by atoms with E-state index >= 15 is 0 Å². The molecule has 0 spiro atoms. The third-order valence-corrected chi connectivity index (χ3v) is 4.86. The topological polar surface area (TPSA) is 67.2 Å². The van der Waals surface area contributed by atoms with Crippen molar-refractivity contribution in [1.82, 2.24) is 19.4 Å². The number of aryl methyl sites for hydroxylation is 1. The normalized spacial score (nSPS) is 12.0. The van der Waals surface area contributed by atoms with Crippen LogP contribution in [0.2, 0.25) is 0 Å². The highest BCUT2D eigenvalue weighted by Gasteiger charge is 2.24. The van der Waals surface area contributed by atoms with E-state index in [-0.39, 0.29) is 4.90 Å². The van der Waals surface area contributed by atoms with E-state index in [4.69, 9.17) is 0 Å². The summed E-state index contributed by atoms with van der Waals surface area (Å²) in [6, 6.07) is 0. The molecule has 1 N–H and O–H groups in total. The summed E-state index contributed by atoms with van der Waals surface area (Å²) in [5.74, 6) is 0. The molecule has 0 amide bonds. The smallest absolute Gasteiger partial charge is 0.246 e. The number of sulfonamides is 1. The summed E-state index contributed by atoms with van der Waals surface area (Å²) in [4.78, 5) is 0.251. The predicted octanol–water partition coefficient (Wildman–Crippen LogP) is 1.47. The molecule has 1 heterocycles. The maximum atomic E-state index is 12.5. The molecule has 1 rings (SSSR count). The predicted molar refractivity (Wildman–Crippen MR) is 84.6 cm³/mol. The van der Waals surface area contributed by atoms with Gasteiger partial charge in [-0.1, -0.05) is 19.9 Å². The summed E-state index contributed by atoms with van der Waals surface area (Å²) >= 11 is 0. The van der Waals surface area contributed by atoms with Crippen molar-refractivity contribution in [3.05, 3.63) is 25.0 Å². The zero-order chi connectivity index (χ0) is 15.7. The highest BCUT2D eigenvalue weighted by Crippen LogP contribution is 2.15. The summed E-state index contributed by atoms with van der Waals surface area (Å²) in [5.41, 5.74) is 0. The molecule has 0 aliphatic rings. The largest absolute Gasteiger partial charge is 0.317 e. The Hall–Kier alpha value is -1.18. The minimum atomic E-state index is -3.48. The van der Waals surface area contributed by atoms with Crippen LogP contribution in [-0.4, -0.2) is 48.7 Å². The third-order valence-electron chi connectivity index (χ3n) is 3.04. The van der Waals surface area contributed by atoms with Gasteiger partial charge in [-0.2, -0.15) is 9.40 Å². The average Bonchev–Trinajstić information content (AvgIpc) is 2.93. The van der Waals surface area contributed by atoms with E-state index in [0.29, 0.717) is 19.6 Å². The van der Waals surface area contributed by atoms with Gasteiger partial charge in [0.05, 0.1) is 6.20 Å². The van der Waals surface area contributed by atoms with E-state index in [9.17, 15) is 8.42 Å². The number of rotatable bonds is 11. The van der Waals surface area contributed by atoms with E-state index < -0.39 is 10.0 Å². The number of hydrogen-bond donors (Lipinski definition) is 1. The first-order valence-corrected chi connectivity index (χ1v) is 8.84. The molecule has 21 heavy (non-hydrogen) atoms. The van der Waals surface area contributed by atoms with Crippen LogP contribution >= 0.6 is 0 Å². The second kappa shape index (κ2) is 8.96. The maximum Gasteiger partial charge on any atom is 0.246 e. The monoisotopic (exact) mass is 314 g/mol. The average molecular weight is 314 g/mol. The molecule has 1 aromatic rings. The minimum Gasteiger partial charge on any atom is -0.317 e. The lowest BCUT2D eigenvalue weighted by Gasteiger charge is -2.18. The van der Waals surface area contributed by atoms with Gasteiger partial charge in [0, 0.05) is 25.8 Å².